The number of carbonyl (C=O) groups excluding carboxylic acids is 2. The van der Waals surface area contributed by atoms with Crippen LogP contribution in [0.3, 0.4) is 0 Å². The molecule has 0 spiro atoms. The monoisotopic (exact) mass is 614 g/mol. The van der Waals surface area contributed by atoms with Crippen molar-refractivity contribution in [2.24, 2.45) is 0 Å². The van der Waals surface area contributed by atoms with Crippen LogP contribution in [0.1, 0.15) is 55.4 Å². The van der Waals surface area contributed by atoms with Crippen molar-refractivity contribution in [3.05, 3.63) is 46.8 Å². The number of hydrogen-bond acceptors (Lipinski definition) is 11. The fraction of sp³-hybridized carbons (Fsp3) is 0.600. The number of amides is 2. The van der Waals surface area contributed by atoms with E-state index in [0.29, 0.717) is 32.0 Å². The molecule has 0 aromatic carbocycles. The molecule has 2 atom stereocenters. The Morgan fingerprint density at radius 1 is 0.795 bits per heavy atom. The number of nitrogens with zero attached hydrogens (tertiary/aromatic N) is 7. The van der Waals surface area contributed by atoms with Gasteiger partial charge >= 0.3 is 18.0 Å². The minimum absolute atomic E-state index is 0.0196. The molecule has 2 aromatic rings. The molecular weight excluding hydrogens is 568 g/mol. The van der Waals surface area contributed by atoms with E-state index in [1.165, 1.54) is 12.3 Å². The van der Waals surface area contributed by atoms with Gasteiger partial charge in [-0.15, -0.1) is 0 Å². The number of nitrogens with two attached hydrogens (primary N) is 1. The number of ether oxygens (including phenoxy) is 2. The van der Waals surface area contributed by atoms with Gasteiger partial charge in [0.25, 0.3) is 0 Å². The third kappa shape index (κ3) is 9.85. The van der Waals surface area contributed by atoms with Crippen molar-refractivity contribution < 1.29 is 24.0 Å². The molecule has 0 saturated carbocycles. The van der Waals surface area contributed by atoms with Gasteiger partial charge in [0.2, 0.25) is 0 Å². The summed E-state index contributed by atoms with van der Waals surface area (Å²) in [5.41, 5.74) is 6.46. The van der Waals surface area contributed by atoms with E-state index in [1.807, 2.05) is 61.5 Å². The molecule has 242 valence electrons. The fourth-order valence-corrected chi connectivity index (χ4v) is 4.83. The third-order valence-electron chi connectivity index (χ3n) is 6.93. The number of anilines is 3. The summed E-state index contributed by atoms with van der Waals surface area (Å²) in [6, 6.07) is 6.89. The van der Waals surface area contributed by atoms with Crippen molar-refractivity contribution in [3.63, 3.8) is 0 Å². The van der Waals surface area contributed by atoms with Crippen LogP contribution < -0.4 is 15.5 Å². The second kappa shape index (κ2) is 14.0. The standard InChI is InChI=1S/C15H22N4O4.C15H24N4O2/c1-11-10-17(12-5-6-13(16-9-12)19(21)22)7-8-18(11)14(20)23-15(2,3)4;1-11-10-18(12-5-6-13(16)17-9-12)7-8-19(11)14(20)21-15(2,3)4/h5-6,9,11H,7-8,10H2,1-4H3;5-6,9,11H,7-8,10H2,1-4H3,(H2,16,17)/t2*11-/m00/s1. The van der Waals surface area contributed by atoms with Gasteiger partial charge in [-0.05, 0) is 83.5 Å². The Bertz CT molecular complexity index is 1280. The second-order valence-electron chi connectivity index (χ2n) is 13.0. The van der Waals surface area contributed by atoms with Gasteiger partial charge in [0, 0.05) is 57.4 Å². The van der Waals surface area contributed by atoms with Crippen molar-refractivity contribution in [1.82, 2.24) is 19.8 Å². The Morgan fingerprint density at radius 3 is 1.55 bits per heavy atom. The van der Waals surface area contributed by atoms with Crippen LogP contribution in [0.5, 0.6) is 0 Å². The molecule has 0 bridgehead atoms. The van der Waals surface area contributed by atoms with Crippen molar-refractivity contribution in [3.8, 4) is 0 Å². The Kier molecular flexibility index (Phi) is 10.8. The average Bonchev–Trinajstić information content (AvgIpc) is 2.91. The second-order valence-corrected chi connectivity index (χ2v) is 13.0. The summed E-state index contributed by atoms with van der Waals surface area (Å²) in [5.74, 6) is 0.341. The van der Waals surface area contributed by atoms with Gasteiger partial charge in [-0.25, -0.2) is 14.6 Å². The Morgan fingerprint density at radius 2 is 1.23 bits per heavy atom. The Hall–Kier alpha value is -4.36. The number of nitrogen functional groups attached to an aromatic ring is 1. The fourth-order valence-electron chi connectivity index (χ4n) is 4.83. The van der Waals surface area contributed by atoms with E-state index in [1.54, 1.807) is 28.1 Å². The van der Waals surface area contributed by atoms with E-state index < -0.39 is 16.1 Å². The van der Waals surface area contributed by atoms with E-state index in [0.717, 1.165) is 24.5 Å². The number of carbonyl (C=O) groups is 2. The number of hydrogen-bond donors (Lipinski definition) is 1. The predicted molar refractivity (Wildman–Crippen MR) is 169 cm³/mol. The zero-order chi connectivity index (χ0) is 32.8. The minimum Gasteiger partial charge on any atom is -0.444 e. The van der Waals surface area contributed by atoms with E-state index in [4.69, 9.17) is 15.2 Å². The Balaban J connectivity index is 0.000000241. The molecule has 44 heavy (non-hydrogen) atoms. The smallest absolute Gasteiger partial charge is 0.410 e. The van der Waals surface area contributed by atoms with Crippen LogP contribution >= 0.6 is 0 Å². The van der Waals surface area contributed by atoms with Crippen LogP contribution in [0.2, 0.25) is 0 Å². The molecule has 2 aromatic heterocycles. The predicted octanol–water partition coefficient (Wildman–Crippen LogP) is 4.54. The summed E-state index contributed by atoms with van der Waals surface area (Å²) in [6.45, 7) is 19.1. The summed E-state index contributed by atoms with van der Waals surface area (Å²) in [7, 11) is 0. The van der Waals surface area contributed by atoms with Gasteiger partial charge in [-0.1, -0.05) is 0 Å². The molecular formula is C30H46N8O6. The topological polar surface area (TPSA) is 160 Å². The molecule has 14 nitrogen and oxygen atoms in total. The first-order chi connectivity index (χ1) is 20.4. The number of pyridine rings is 2. The van der Waals surface area contributed by atoms with Gasteiger partial charge in [0.15, 0.2) is 6.20 Å². The van der Waals surface area contributed by atoms with Gasteiger partial charge in [-0.2, -0.15) is 0 Å². The largest absolute Gasteiger partial charge is 0.444 e. The van der Waals surface area contributed by atoms with Gasteiger partial charge < -0.3 is 44.9 Å². The highest BCUT2D eigenvalue weighted by molar-refractivity contribution is 5.70. The van der Waals surface area contributed by atoms with Crippen LogP contribution in [-0.2, 0) is 9.47 Å². The maximum Gasteiger partial charge on any atom is 0.410 e. The normalized spacial score (nSPS) is 19.1. The average molecular weight is 615 g/mol. The number of piperazine rings is 2. The molecule has 4 rings (SSSR count). The highest BCUT2D eigenvalue weighted by Crippen LogP contribution is 2.23. The van der Waals surface area contributed by atoms with E-state index in [-0.39, 0.29) is 30.1 Å². The lowest BCUT2D eigenvalue weighted by Crippen LogP contribution is -2.55. The first-order valence-corrected chi connectivity index (χ1v) is 14.7. The molecule has 2 fully saturated rings. The molecule has 14 heteroatoms. The SMILES string of the molecule is C[C@H]1CN(c2ccc(N)nc2)CCN1C(=O)OC(C)(C)C.C[C@H]1CN(c2ccc([N+](=O)[O-])nc2)CCN1C(=O)OC(C)(C)C. The third-order valence-corrected chi connectivity index (χ3v) is 6.93. The molecule has 2 aliphatic rings. The van der Waals surface area contributed by atoms with Gasteiger partial charge in [-0.3, -0.25) is 0 Å². The summed E-state index contributed by atoms with van der Waals surface area (Å²) in [6.07, 6.45) is 2.70. The van der Waals surface area contributed by atoms with Crippen molar-refractivity contribution >= 4 is 35.2 Å². The lowest BCUT2D eigenvalue weighted by molar-refractivity contribution is -0.389. The summed E-state index contributed by atoms with van der Waals surface area (Å²) in [4.78, 5) is 50.2. The number of rotatable bonds is 3. The maximum absolute atomic E-state index is 12.2. The molecule has 0 unspecified atom stereocenters. The van der Waals surface area contributed by atoms with E-state index in [2.05, 4.69) is 19.8 Å². The lowest BCUT2D eigenvalue weighted by Gasteiger charge is -2.41. The zero-order valence-corrected chi connectivity index (χ0v) is 27.0. The molecule has 2 amide bonds. The number of nitro groups is 1. The van der Waals surface area contributed by atoms with Crippen LogP contribution in [0.4, 0.5) is 32.6 Å². The van der Waals surface area contributed by atoms with E-state index >= 15 is 0 Å². The van der Waals surface area contributed by atoms with Crippen LogP contribution in [0, 0.1) is 10.1 Å². The Labute approximate surface area is 259 Å². The van der Waals surface area contributed by atoms with Crippen LogP contribution in [0.25, 0.3) is 0 Å². The quantitative estimate of drug-likeness (QED) is 0.382. The summed E-state index contributed by atoms with van der Waals surface area (Å²) in [5, 5.41) is 10.6. The summed E-state index contributed by atoms with van der Waals surface area (Å²) >= 11 is 0. The molecule has 0 radical (unpaired) electrons. The molecule has 2 saturated heterocycles. The molecule has 0 aliphatic carbocycles. The van der Waals surface area contributed by atoms with Crippen LogP contribution in [-0.4, -0.2) is 99.4 Å². The summed E-state index contributed by atoms with van der Waals surface area (Å²) < 4.78 is 10.9. The minimum atomic E-state index is -0.521. The maximum atomic E-state index is 12.2. The molecule has 2 N–H and O–H groups in total. The highest BCUT2D eigenvalue weighted by atomic mass is 16.6. The highest BCUT2D eigenvalue weighted by Gasteiger charge is 2.32. The molecule has 2 aliphatic heterocycles. The van der Waals surface area contributed by atoms with Gasteiger partial charge in [0.05, 0.1) is 17.6 Å². The van der Waals surface area contributed by atoms with Crippen molar-refractivity contribution in [2.45, 2.75) is 78.7 Å². The zero-order valence-electron chi connectivity index (χ0n) is 27.0. The number of aromatic nitrogens is 2. The molecule has 4 heterocycles. The van der Waals surface area contributed by atoms with Crippen molar-refractivity contribution in [1.29, 1.82) is 0 Å². The van der Waals surface area contributed by atoms with Crippen molar-refractivity contribution in [2.75, 3.05) is 54.8 Å². The van der Waals surface area contributed by atoms with E-state index in [9.17, 15) is 19.7 Å². The van der Waals surface area contributed by atoms with Gasteiger partial charge in [0.1, 0.15) is 17.0 Å². The first-order valence-electron chi connectivity index (χ1n) is 14.7. The first kappa shape index (κ1) is 34.1. The van der Waals surface area contributed by atoms with Crippen LogP contribution in [0.15, 0.2) is 36.7 Å². The lowest BCUT2D eigenvalue weighted by atomic mass is 10.1.